The van der Waals surface area contributed by atoms with Crippen molar-refractivity contribution in [3.05, 3.63) is 29.8 Å². The van der Waals surface area contributed by atoms with Crippen LogP contribution in [-0.4, -0.2) is 13.1 Å². The van der Waals surface area contributed by atoms with E-state index in [0.29, 0.717) is 12.6 Å². The van der Waals surface area contributed by atoms with Gasteiger partial charge < -0.3 is 10.6 Å². The molecule has 0 bridgehead atoms. The molecule has 0 aromatic heterocycles. The van der Waals surface area contributed by atoms with Gasteiger partial charge in [-0.2, -0.15) is 0 Å². The van der Waals surface area contributed by atoms with Gasteiger partial charge in [-0.3, -0.25) is 0 Å². The topological polar surface area (TPSA) is 29.3 Å². The summed E-state index contributed by atoms with van der Waals surface area (Å²) < 4.78 is 0. The minimum Gasteiger partial charge on any atom is -0.371 e. The number of nitrogens with zero attached hydrogens (tertiary/aromatic N) is 1. The van der Waals surface area contributed by atoms with E-state index in [9.17, 15) is 0 Å². The van der Waals surface area contributed by atoms with Gasteiger partial charge in [-0.1, -0.05) is 32.0 Å². The van der Waals surface area contributed by atoms with E-state index in [-0.39, 0.29) is 0 Å². The molecule has 84 valence electrons. The fraction of sp³-hybridized carbons (Fsp3) is 0.538. The molecule has 0 heterocycles. The maximum absolute atomic E-state index is 5.74. The highest BCUT2D eigenvalue weighted by Crippen LogP contribution is 2.22. The molecule has 2 N–H and O–H groups in total. The van der Waals surface area contributed by atoms with Gasteiger partial charge in [-0.05, 0) is 24.5 Å². The Morgan fingerprint density at radius 2 is 1.80 bits per heavy atom. The van der Waals surface area contributed by atoms with Gasteiger partial charge in [-0.25, -0.2) is 0 Å². The van der Waals surface area contributed by atoms with E-state index in [2.05, 4.69) is 44.0 Å². The fourth-order valence-electron chi connectivity index (χ4n) is 2.06. The van der Waals surface area contributed by atoms with Gasteiger partial charge in [-0.15, -0.1) is 0 Å². The van der Waals surface area contributed by atoms with Crippen LogP contribution in [0.2, 0.25) is 0 Å². The van der Waals surface area contributed by atoms with Crippen molar-refractivity contribution in [1.29, 1.82) is 0 Å². The first-order chi connectivity index (χ1) is 7.24. The first-order valence-corrected chi connectivity index (χ1v) is 5.75. The van der Waals surface area contributed by atoms with E-state index in [1.54, 1.807) is 0 Å². The van der Waals surface area contributed by atoms with Crippen molar-refractivity contribution in [2.75, 3.05) is 11.9 Å². The Kier molecular flexibility index (Phi) is 4.63. The lowest BCUT2D eigenvalue weighted by Gasteiger charge is -2.30. The van der Waals surface area contributed by atoms with Crippen molar-refractivity contribution in [3.8, 4) is 0 Å². The van der Waals surface area contributed by atoms with Crippen LogP contribution in [0.25, 0.3) is 0 Å². The Hall–Kier alpha value is -1.02. The Morgan fingerprint density at radius 1 is 1.20 bits per heavy atom. The summed E-state index contributed by atoms with van der Waals surface area (Å²) in [6, 6.07) is 8.99. The number of hydrogen-bond acceptors (Lipinski definition) is 2. The number of nitrogens with two attached hydrogens (primary N) is 1. The van der Waals surface area contributed by atoms with Crippen molar-refractivity contribution < 1.29 is 0 Å². The zero-order chi connectivity index (χ0) is 11.3. The van der Waals surface area contributed by atoms with Gasteiger partial charge in [0.1, 0.15) is 0 Å². The number of benzene rings is 1. The molecule has 0 aliphatic rings. The van der Waals surface area contributed by atoms with E-state index in [0.717, 1.165) is 0 Å². The van der Waals surface area contributed by atoms with Gasteiger partial charge in [0.05, 0.1) is 0 Å². The summed E-state index contributed by atoms with van der Waals surface area (Å²) >= 11 is 0. The third-order valence-electron chi connectivity index (χ3n) is 3.08. The van der Waals surface area contributed by atoms with E-state index in [1.165, 1.54) is 24.1 Å². The molecular weight excluding hydrogens is 184 g/mol. The molecule has 2 heteroatoms. The molecule has 0 spiro atoms. The Bertz CT molecular complexity index is 292. The van der Waals surface area contributed by atoms with Crippen molar-refractivity contribution in [2.45, 2.75) is 39.3 Å². The first kappa shape index (κ1) is 12.1. The number of para-hydroxylation sites is 1. The molecule has 0 atom stereocenters. The zero-order valence-electron chi connectivity index (χ0n) is 10.0. The van der Waals surface area contributed by atoms with Crippen LogP contribution < -0.4 is 10.6 Å². The number of anilines is 1. The average molecular weight is 206 g/mol. The molecule has 0 saturated heterocycles. The van der Waals surface area contributed by atoms with Gasteiger partial charge in [0, 0.05) is 25.3 Å². The first-order valence-electron chi connectivity index (χ1n) is 5.75. The third-order valence-corrected chi connectivity index (χ3v) is 3.08. The van der Waals surface area contributed by atoms with Crippen LogP contribution in [0, 0.1) is 0 Å². The minimum atomic E-state index is 0.609. The quantitative estimate of drug-likeness (QED) is 0.802. The van der Waals surface area contributed by atoms with Gasteiger partial charge in [0.15, 0.2) is 0 Å². The monoisotopic (exact) mass is 206 g/mol. The van der Waals surface area contributed by atoms with Crippen LogP contribution in [0.3, 0.4) is 0 Å². The molecule has 0 saturated carbocycles. The highest BCUT2D eigenvalue weighted by molar-refractivity contribution is 5.53. The number of rotatable bonds is 5. The fourth-order valence-corrected chi connectivity index (χ4v) is 2.06. The van der Waals surface area contributed by atoms with Crippen molar-refractivity contribution >= 4 is 5.69 Å². The molecule has 0 aliphatic heterocycles. The minimum absolute atomic E-state index is 0.609. The summed E-state index contributed by atoms with van der Waals surface area (Å²) in [4.78, 5) is 2.35. The molecule has 1 rings (SSSR count). The van der Waals surface area contributed by atoms with Gasteiger partial charge in [0.2, 0.25) is 0 Å². The molecule has 2 nitrogen and oxygen atoms in total. The second kappa shape index (κ2) is 5.76. The highest BCUT2D eigenvalue weighted by Gasteiger charge is 2.13. The Balaban J connectivity index is 2.93. The molecule has 0 radical (unpaired) electrons. The zero-order valence-corrected chi connectivity index (χ0v) is 10.0. The maximum Gasteiger partial charge on any atom is 0.0411 e. The van der Waals surface area contributed by atoms with Gasteiger partial charge >= 0.3 is 0 Å². The normalized spacial score (nSPS) is 10.7. The third kappa shape index (κ3) is 2.72. The lowest BCUT2D eigenvalue weighted by atomic mass is 10.1. The SMILES string of the molecule is CCC(CC)N(C)c1ccccc1CN. The smallest absolute Gasteiger partial charge is 0.0411 e. The predicted octanol–water partition coefficient (Wildman–Crippen LogP) is 2.77. The molecule has 0 aliphatic carbocycles. The van der Waals surface area contributed by atoms with E-state index in [1.807, 2.05) is 6.07 Å². The van der Waals surface area contributed by atoms with E-state index >= 15 is 0 Å². The van der Waals surface area contributed by atoms with Crippen LogP contribution >= 0.6 is 0 Å². The molecule has 0 unspecified atom stereocenters. The molecule has 0 amide bonds. The predicted molar refractivity (Wildman–Crippen MR) is 67.1 cm³/mol. The highest BCUT2D eigenvalue weighted by atomic mass is 15.1. The molecule has 15 heavy (non-hydrogen) atoms. The molecule has 0 fully saturated rings. The number of hydrogen-bond donors (Lipinski definition) is 1. The standard InChI is InChI=1S/C13H22N2/c1-4-12(5-2)15(3)13-9-7-6-8-11(13)10-14/h6-9,12H,4-5,10,14H2,1-3H3. The summed E-state index contributed by atoms with van der Waals surface area (Å²) in [7, 11) is 2.16. The van der Waals surface area contributed by atoms with Crippen LogP contribution in [0.5, 0.6) is 0 Å². The molecule has 1 aromatic carbocycles. The largest absolute Gasteiger partial charge is 0.371 e. The van der Waals surface area contributed by atoms with Gasteiger partial charge in [0.25, 0.3) is 0 Å². The summed E-state index contributed by atoms with van der Waals surface area (Å²) in [6.45, 7) is 5.08. The summed E-state index contributed by atoms with van der Waals surface area (Å²) in [6.07, 6.45) is 2.35. The van der Waals surface area contributed by atoms with Crippen LogP contribution in [0.1, 0.15) is 32.3 Å². The molecular formula is C13H22N2. The van der Waals surface area contributed by atoms with Crippen molar-refractivity contribution in [1.82, 2.24) is 0 Å². The lowest BCUT2D eigenvalue weighted by molar-refractivity contribution is 0.590. The lowest BCUT2D eigenvalue weighted by Crippen LogP contribution is -2.31. The van der Waals surface area contributed by atoms with Crippen LogP contribution in [0.15, 0.2) is 24.3 Å². The Morgan fingerprint density at radius 3 is 2.33 bits per heavy atom. The second-order valence-electron chi connectivity index (χ2n) is 3.91. The summed E-state index contributed by atoms with van der Waals surface area (Å²) in [5.41, 5.74) is 8.25. The second-order valence-corrected chi connectivity index (χ2v) is 3.91. The van der Waals surface area contributed by atoms with Crippen molar-refractivity contribution in [3.63, 3.8) is 0 Å². The average Bonchev–Trinajstić information content (AvgIpc) is 2.30. The van der Waals surface area contributed by atoms with E-state index < -0.39 is 0 Å². The van der Waals surface area contributed by atoms with E-state index in [4.69, 9.17) is 5.73 Å². The molecule has 1 aromatic rings. The Labute approximate surface area is 93.1 Å². The van der Waals surface area contributed by atoms with Crippen LogP contribution in [0.4, 0.5) is 5.69 Å². The van der Waals surface area contributed by atoms with Crippen molar-refractivity contribution in [2.24, 2.45) is 5.73 Å². The maximum atomic E-state index is 5.74. The van der Waals surface area contributed by atoms with Crippen LogP contribution in [-0.2, 0) is 6.54 Å². The summed E-state index contributed by atoms with van der Waals surface area (Å²) in [5, 5.41) is 0. The summed E-state index contributed by atoms with van der Waals surface area (Å²) in [5.74, 6) is 0.